The molecule has 0 radical (unpaired) electrons. The largest absolute Gasteiger partial charge is 0.497 e. The lowest BCUT2D eigenvalue weighted by Crippen LogP contribution is -2.40. The van der Waals surface area contributed by atoms with Crippen LogP contribution in [0, 0.1) is 0 Å². The van der Waals surface area contributed by atoms with Crippen LogP contribution in [0.4, 0.5) is 5.69 Å². The van der Waals surface area contributed by atoms with Crippen LogP contribution in [0.5, 0.6) is 5.75 Å². The zero-order valence-corrected chi connectivity index (χ0v) is 15.6. The number of hydrogen-bond donors (Lipinski definition) is 2. The van der Waals surface area contributed by atoms with Crippen molar-refractivity contribution < 1.29 is 14.3 Å². The molecule has 0 aromatic heterocycles. The molecular weight excluding hydrogens is 340 g/mol. The van der Waals surface area contributed by atoms with Crippen LogP contribution in [0.3, 0.4) is 0 Å². The zero-order valence-electron chi connectivity index (χ0n) is 15.6. The van der Waals surface area contributed by atoms with Gasteiger partial charge in [0.15, 0.2) is 0 Å². The van der Waals surface area contributed by atoms with E-state index in [9.17, 15) is 9.59 Å². The van der Waals surface area contributed by atoms with E-state index in [1.165, 1.54) is 23.6 Å². The molecule has 0 heterocycles. The summed E-state index contributed by atoms with van der Waals surface area (Å²) in [6, 6.07) is 12.7. The maximum atomic E-state index is 12.3. The van der Waals surface area contributed by atoms with E-state index >= 15 is 0 Å². The van der Waals surface area contributed by atoms with Gasteiger partial charge in [-0.3, -0.25) is 9.59 Å². The van der Waals surface area contributed by atoms with Gasteiger partial charge < -0.3 is 15.4 Å². The van der Waals surface area contributed by atoms with Crippen molar-refractivity contribution in [2.75, 3.05) is 12.4 Å². The number of carbonyl (C=O) groups is 2. The van der Waals surface area contributed by atoms with Gasteiger partial charge in [0.1, 0.15) is 11.8 Å². The standard InChI is InChI=1S/C22H24N2O3/c1-15(22(26)24-19-10-9-17-4-3-5-18(17)14-19)23-21(25)13-8-16-6-11-20(27-2)12-7-16/h6-15H,3-5H2,1-2H3,(H,23,25)(H,24,26)/b13-8+. The highest BCUT2D eigenvalue weighted by Crippen LogP contribution is 2.24. The molecular formula is C22H24N2O3. The van der Waals surface area contributed by atoms with Crippen molar-refractivity contribution in [2.45, 2.75) is 32.2 Å². The first-order chi connectivity index (χ1) is 13.0. The lowest BCUT2D eigenvalue weighted by atomic mass is 10.1. The number of carbonyl (C=O) groups excluding carboxylic acids is 2. The minimum atomic E-state index is -0.633. The third-order valence-electron chi connectivity index (χ3n) is 4.66. The number of rotatable bonds is 6. The Morgan fingerprint density at radius 3 is 2.56 bits per heavy atom. The van der Waals surface area contributed by atoms with E-state index in [2.05, 4.69) is 16.7 Å². The number of amides is 2. The van der Waals surface area contributed by atoms with E-state index in [1.807, 2.05) is 36.4 Å². The Hall–Kier alpha value is -3.08. The average molecular weight is 364 g/mol. The van der Waals surface area contributed by atoms with Crippen molar-refractivity contribution in [2.24, 2.45) is 0 Å². The molecule has 27 heavy (non-hydrogen) atoms. The van der Waals surface area contributed by atoms with Gasteiger partial charge in [0.2, 0.25) is 11.8 Å². The Morgan fingerprint density at radius 1 is 1.07 bits per heavy atom. The fourth-order valence-corrected chi connectivity index (χ4v) is 3.11. The van der Waals surface area contributed by atoms with Crippen LogP contribution in [0.15, 0.2) is 48.5 Å². The average Bonchev–Trinajstić information content (AvgIpc) is 3.14. The second kappa shape index (κ2) is 8.54. The molecule has 1 aliphatic rings. The molecule has 2 amide bonds. The summed E-state index contributed by atoms with van der Waals surface area (Å²) in [5, 5.41) is 5.55. The fourth-order valence-electron chi connectivity index (χ4n) is 3.11. The molecule has 0 saturated heterocycles. The van der Waals surface area contributed by atoms with E-state index in [0.717, 1.165) is 29.8 Å². The van der Waals surface area contributed by atoms with E-state index in [1.54, 1.807) is 20.1 Å². The highest BCUT2D eigenvalue weighted by Gasteiger charge is 2.16. The zero-order chi connectivity index (χ0) is 19.2. The quantitative estimate of drug-likeness (QED) is 0.773. The maximum absolute atomic E-state index is 12.3. The molecule has 0 fully saturated rings. The second-order valence-corrected chi connectivity index (χ2v) is 6.66. The summed E-state index contributed by atoms with van der Waals surface area (Å²) >= 11 is 0. The topological polar surface area (TPSA) is 67.4 Å². The van der Waals surface area contributed by atoms with Gasteiger partial charge >= 0.3 is 0 Å². The first-order valence-corrected chi connectivity index (χ1v) is 9.10. The molecule has 5 nitrogen and oxygen atoms in total. The highest BCUT2D eigenvalue weighted by molar-refractivity contribution is 5.99. The number of methoxy groups -OCH3 is 1. The highest BCUT2D eigenvalue weighted by atomic mass is 16.5. The third kappa shape index (κ3) is 4.97. The van der Waals surface area contributed by atoms with Crippen molar-refractivity contribution in [3.05, 3.63) is 65.2 Å². The van der Waals surface area contributed by atoms with Crippen LogP contribution in [-0.2, 0) is 22.4 Å². The molecule has 0 spiro atoms. The molecule has 2 aromatic rings. The number of benzene rings is 2. The summed E-state index contributed by atoms with van der Waals surface area (Å²) < 4.78 is 5.10. The Bertz CT molecular complexity index is 856. The van der Waals surface area contributed by atoms with E-state index in [4.69, 9.17) is 4.74 Å². The van der Waals surface area contributed by atoms with Crippen molar-refractivity contribution in [1.82, 2.24) is 5.32 Å². The Balaban J connectivity index is 1.52. The van der Waals surface area contributed by atoms with Crippen LogP contribution in [-0.4, -0.2) is 25.0 Å². The van der Waals surface area contributed by atoms with E-state index in [0.29, 0.717) is 0 Å². The second-order valence-electron chi connectivity index (χ2n) is 6.66. The maximum Gasteiger partial charge on any atom is 0.246 e. The SMILES string of the molecule is COc1ccc(/C=C/C(=O)NC(C)C(=O)Nc2ccc3c(c2)CCC3)cc1. The van der Waals surface area contributed by atoms with Gasteiger partial charge in [-0.2, -0.15) is 0 Å². The molecule has 0 saturated carbocycles. The monoisotopic (exact) mass is 364 g/mol. The van der Waals surface area contributed by atoms with E-state index in [-0.39, 0.29) is 11.8 Å². The van der Waals surface area contributed by atoms with Crippen LogP contribution in [0.25, 0.3) is 6.08 Å². The summed E-state index contributed by atoms with van der Waals surface area (Å²) in [6.45, 7) is 1.67. The lowest BCUT2D eigenvalue weighted by Gasteiger charge is -2.13. The van der Waals surface area contributed by atoms with Gasteiger partial charge in [0, 0.05) is 11.8 Å². The number of anilines is 1. The molecule has 1 aliphatic carbocycles. The van der Waals surface area contributed by atoms with Crippen molar-refractivity contribution in [3.63, 3.8) is 0 Å². The van der Waals surface area contributed by atoms with Crippen LogP contribution >= 0.6 is 0 Å². The van der Waals surface area contributed by atoms with Crippen molar-refractivity contribution in [1.29, 1.82) is 0 Å². The first-order valence-electron chi connectivity index (χ1n) is 9.10. The Labute approximate surface area is 159 Å². The summed E-state index contributed by atoms with van der Waals surface area (Å²) in [5.74, 6) is 0.204. The van der Waals surface area contributed by atoms with Gasteiger partial charge in [-0.05, 0) is 73.2 Å². The normalized spacial score (nSPS) is 13.9. The molecule has 2 aromatic carbocycles. The number of fused-ring (bicyclic) bond motifs is 1. The predicted octanol–water partition coefficient (Wildman–Crippen LogP) is 3.34. The number of ether oxygens (including phenoxy) is 1. The van der Waals surface area contributed by atoms with Crippen LogP contribution < -0.4 is 15.4 Å². The lowest BCUT2D eigenvalue weighted by molar-refractivity contribution is -0.123. The third-order valence-corrected chi connectivity index (χ3v) is 4.66. The smallest absolute Gasteiger partial charge is 0.246 e. The van der Waals surface area contributed by atoms with E-state index < -0.39 is 6.04 Å². The van der Waals surface area contributed by atoms with Crippen LogP contribution in [0.2, 0.25) is 0 Å². The first kappa shape index (κ1) is 18.7. The predicted molar refractivity (Wildman–Crippen MR) is 107 cm³/mol. The van der Waals surface area contributed by atoms with Crippen LogP contribution in [0.1, 0.15) is 30.0 Å². The molecule has 0 bridgehead atoms. The Kier molecular flexibility index (Phi) is 5.91. The summed E-state index contributed by atoms with van der Waals surface area (Å²) in [4.78, 5) is 24.4. The number of nitrogens with one attached hydrogen (secondary N) is 2. The number of aryl methyl sites for hydroxylation is 2. The fraction of sp³-hybridized carbons (Fsp3) is 0.273. The van der Waals surface area contributed by atoms with Gasteiger partial charge in [-0.15, -0.1) is 0 Å². The Morgan fingerprint density at radius 2 is 1.81 bits per heavy atom. The minimum absolute atomic E-state index is 0.237. The molecule has 2 N–H and O–H groups in total. The van der Waals surface area contributed by atoms with Crippen molar-refractivity contribution in [3.8, 4) is 5.75 Å². The molecule has 1 unspecified atom stereocenters. The van der Waals surface area contributed by atoms with Gasteiger partial charge in [0.05, 0.1) is 7.11 Å². The molecule has 140 valence electrons. The summed E-state index contributed by atoms with van der Waals surface area (Å²) in [6.07, 6.45) is 6.44. The molecule has 1 atom stereocenters. The summed E-state index contributed by atoms with van der Waals surface area (Å²) in [7, 11) is 1.60. The summed E-state index contributed by atoms with van der Waals surface area (Å²) in [5.41, 5.74) is 4.31. The van der Waals surface area contributed by atoms with Gasteiger partial charge in [-0.25, -0.2) is 0 Å². The van der Waals surface area contributed by atoms with Gasteiger partial charge in [-0.1, -0.05) is 18.2 Å². The van der Waals surface area contributed by atoms with Gasteiger partial charge in [0.25, 0.3) is 0 Å². The minimum Gasteiger partial charge on any atom is -0.497 e. The molecule has 3 rings (SSSR count). The number of hydrogen-bond acceptors (Lipinski definition) is 3. The molecule has 0 aliphatic heterocycles. The molecule has 5 heteroatoms. The van der Waals surface area contributed by atoms with Crippen molar-refractivity contribution >= 4 is 23.6 Å².